The molecule has 0 spiro atoms. The molecule has 0 saturated carbocycles. The monoisotopic (exact) mass is 552 g/mol. The molecule has 1 aromatic heterocycles. The summed E-state index contributed by atoms with van der Waals surface area (Å²) in [5.74, 6) is -0.240. The molecule has 194 valence electrons. The van der Waals surface area contributed by atoms with E-state index in [-0.39, 0.29) is 15.4 Å². The molecule has 2 heterocycles. The maximum atomic E-state index is 13.0. The highest BCUT2D eigenvalue weighted by Crippen LogP contribution is 2.24. The van der Waals surface area contributed by atoms with Gasteiger partial charge in [-0.2, -0.15) is 9.30 Å². The van der Waals surface area contributed by atoms with Crippen LogP contribution >= 0.6 is 11.3 Å². The Kier molecular flexibility index (Phi) is 7.78. The van der Waals surface area contributed by atoms with Gasteiger partial charge < -0.3 is 9.30 Å². The van der Waals surface area contributed by atoms with Crippen molar-refractivity contribution in [2.24, 2.45) is 16.0 Å². The number of aromatic nitrogens is 1. The van der Waals surface area contributed by atoms with Crippen LogP contribution in [0.3, 0.4) is 0 Å². The standard InChI is InChI=1S/C23H28N4O6S3/c1-16-4-3-11-26(15-16)36(31,32)18-7-5-17(6-8-18)22(28)25-23-27(12-13-33-2)20-10-9-19(35(24,29)30)14-21(20)34-23/h5-10,14,16H,3-4,11-13,15H2,1-2H3,(H2,24,29,30). The molecule has 1 atom stereocenters. The molecule has 0 radical (unpaired) electrons. The fourth-order valence-electron chi connectivity index (χ4n) is 4.15. The van der Waals surface area contributed by atoms with Gasteiger partial charge in [0.1, 0.15) is 0 Å². The molecule has 4 rings (SSSR count). The maximum Gasteiger partial charge on any atom is 0.279 e. The Bertz CT molecular complexity index is 1560. The number of carbonyl (C=O) groups is 1. The lowest BCUT2D eigenvalue weighted by Gasteiger charge is -2.30. The predicted molar refractivity (Wildman–Crippen MR) is 137 cm³/mol. The van der Waals surface area contributed by atoms with Crippen molar-refractivity contribution in [1.29, 1.82) is 0 Å². The lowest BCUT2D eigenvalue weighted by Crippen LogP contribution is -2.39. The van der Waals surface area contributed by atoms with E-state index in [9.17, 15) is 21.6 Å². The first kappa shape index (κ1) is 26.6. The van der Waals surface area contributed by atoms with Gasteiger partial charge in [0.2, 0.25) is 20.0 Å². The topological polar surface area (TPSA) is 141 Å². The van der Waals surface area contributed by atoms with Gasteiger partial charge in [0, 0.05) is 32.3 Å². The van der Waals surface area contributed by atoms with Crippen molar-refractivity contribution in [3.05, 3.63) is 52.8 Å². The molecule has 1 fully saturated rings. The summed E-state index contributed by atoms with van der Waals surface area (Å²) in [7, 11) is -5.96. The molecule has 1 saturated heterocycles. The molecule has 10 nitrogen and oxygen atoms in total. The van der Waals surface area contributed by atoms with Crippen LogP contribution in [0.5, 0.6) is 0 Å². The number of amides is 1. The van der Waals surface area contributed by atoms with Crippen molar-refractivity contribution in [2.45, 2.75) is 36.1 Å². The smallest absolute Gasteiger partial charge is 0.279 e. The highest BCUT2D eigenvalue weighted by Gasteiger charge is 2.28. The summed E-state index contributed by atoms with van der Waals surface area (Å²) >= 11 is 1.15. The average Bonchev–Trinajstić information content (AvgIpc) is 3.18. The van der Waals surface area contributed by atoms with Gasteiger partial charge in [-0.15, -0.1) is 0 Å². The molecule has 1 aliphatic heterocycles. The highest BCUT2D eigenvalue weighted by atomic mass is 32.2. The number of nitrogens with zero attached hydrogens (tertiary/aromatic N) is 3. The van der Waals surface area contributed by atoms with Crippen molar-refractivity contribution in [3.63, 3.8) is 0 Å². The number of nitrogens with two attached hydrogens (primary N) is 1. The minimum atomic E-state index is -3.89. The Labute approximate surface area is 214 Å². The normalized spacial score (nSPS) is 18.1. The molecule has 0 aliphatic carbocycles. The van der Waals surface area contributed by atoms with Gasteiger partial charge in [0.05, 0.1) is 26.6 Å². The summed E-state index contributed by atoms with van der Waals surface area (Å²) in [4.78, 5) is 17.7. The average molecular weight is 553 g/mol. The van der Waals surface area contributed by atoms with Crippen LogP contribution in [0.1, 0.15) is 30.1 Å². The van der Waals surface area contributed by atoms with Crippen LogP contribution in [0.15, 0.2) is 57.2 Å². The van der Waals surface area contributed by atoms with E-state index in [1.54, 1.807) is 17.7 Å². The maximum absolute atomic E-state index is 13.0. The fourth-order valence-corrected chi connectivity index (χ4v) is 7.46. The first-order chi connectivity index (χ1) is 17.0. The molecule has 0 bridgehead atoms. The SMILES string of the molecule is COCCn1c(=NC(=O)c2ccc(S(=O)(=O)N3CCCC(C)C3)cc2)sc2cc(S(N)(=O)=O)ccc21. The van der Waals surface area contributed by atoms with E-state index in [4.69, 9.17) is 9.88 Å². The third-order valence-electron chi connectivity index (χ3n) is 6.06. The van der Waals surface area contributed by atoms with Crippen LogP contribution in [0.2, 0.25) is 0 Å². The third kappa shape index (κ3) is 5.61. The van der Waals surface area contributed by atoms with E-state index in [0.717, 1.165) is 24.2 Å². The zero-order chi connectivity index (χ0) is 26.1. The Morgan fingerprint density at radius 1 is 1.14 bits per heavy atom. The van der Waals surface area contributed by atoms with Crippen molar-refractivity contribution in [3.8, 4) is 0 Å². The van der Waals surface area contributed by atoms with E-state index in [1.165, 1.54) is 40.7 Å². The molecular formula is C23H28N4O6S3. The molecule has 3 aromatic rings. The van der Waals surface area contributed by atoms with Crippen LogP contribution in [-0.4, -0.2) is 58.4 Å². The number of hydrogen-bond acceptors (Lipinski definition) is 7. The van der Waals surface area contributed by atoms with Crippen molar-refractivity contribution >= 4 is 47.5 Å². The number of carbonyl (C=O) groups excluding carboxylic acids is 1. The van der Waals surface area contributed by atoms with Crippen molar-refractivity contribution < 1.29 is 26.4 Å². The number of benzene rings is 2. The Hall–Kier alpha value is -2.42. The van der Waals surface area contributed by atoms with E-state index < -0.39 is 26.0 Å². The minimum absolute atomic E-state index is 0.0343. The lowest BCUT2D eigenvalue weighted by molar-refractivity contribution is 0.0997. The second kappa shape index (κ2) is 10.5. The van der Waals surface area contributed by atoms with Crippen LogP contribution in [0.4, 0.5) is 0 Å². The second-order valence-electron chi connectivity index (χ2n) is 8.76. The number of sulfonamides is 2. The van der Waals surface area contributed by atoms with E-state index >= 15 is 0 Å². The first-order valence-electron chi connectivity index (χ1n) is 11.3. The van der Waals surface area contributed by atoms with Crippen LogP contribution < -0.4 is 9.94 Å². The molecule has 1 aliphatic rings. The summed E-state index contributed by atoms with van der Waals surface area (Å²) in [6.45, 7) is 3.75. The van der Waals surface area contributed by atoms with E-state index in [1.807, 2.05) is 6.92 Å². The molecule has 2 N–H and O–H groups in total. The molecule has 1 unspecified atom stereocenters. The molecule has 1 amide bonds. The van der Waals surface area contributed by atoms with E-state index in [2.05, 4.69) is 4.99 Å². The quantitative estimate of drug-likeness (QED) is 0.476. The number of ether oxygens (including phenoxy) is 1. The number of methoxy groups -OCH3 is 1. The zero-order valence-electron chi connectivity index (χ0n) is 20.0. The third-order valence-corrected chi connectivity index (χ3v) is 9.89. The molecule has 13 heteroatoms. The minimum Gasteiger partial charge on any atom is -0.383 e. The summed E-state index contributed by atoms with van der Waals surface area (Å²) < 4.78 is 58.5. The largest absolute Gasteiger partial charge is 0.383 e. The van der Waals surface area contributed by atoms with Crippen LogP contribution in [0.25, 0.3) is 10.2 Å². The van der Waals surface area contributed by atoms with Gasteiger partial charge in [-0.05, 0) is 61.2 Å². The van der Waals surface area contributed by atoms with Gasteiger partial charge in [-0.1, -0.05) is 18.3 Å². The Morgan fingerprint density at radius 2 is 1.83 bits per heavy atom. The first-order valence-corrected chi connectivity index (χ1v) is 15.2. The molecule has 2 aromatic carbocycles. The lowest BCUT2D eigenvalue weighted by atomic mass is 10.0. The van der Waals surface area contributed by atoms with Crippen molar-refractivity contribution in [2.75, 3.05) is 26.8 Å². The summed E-state index contributed by atoms with van der Waals surface area (Å²) in [5, 5.41) is 5.25. The molecular weight excluding hydrogens is 524 g/mol. The van der Waals surface area contributed by atoms with Crippen LogP contribution in [-0.2, 0) is 31.3 Å². The summed E-state index contributed by atoms with van der Waals surface area (Å²) in [6, 6.07) is 10.2. The second-order valence-corrected chi connectivity index (χ2v) is 13.3. The zero-order valence-corrected chi connectivity index (χ0v) is 22.4. The van der Waals surface area contributed by atoms with Gasteiger partial charge in [0.15, 0.2) is 4.80 Å². The number of primary sulfonamides is 1. The summed E-state index contributed by atoms with van der Waals surface area (Å²) in [5.41, 5.74) is 0.926. The Balaban J connectivity index is 1.67. The van der Waals surface area contributed by atoms with Gasteiger partial charge in [-0.3, -0.25) is 4.79 Å². The van der Waals surface area contributed by atoms with Crippen LogP contribution in [0, 0.1) is 5.92 Å². The van der Waals surface area contributed by atoms with Gasteiger partial charge >= 0.3 is 0 Å². The number of fused-ring (bicyclic) bond motifs is 1. The number of thiazole rings is 1. The number of piperidine rings is 1. The van der Waals surface area contributed by atoms with Gasteiger partial charge in [-0.25, -0.2) is 22.0 Å². The summed E-state index contributed by atoms with van der Waals surface area (Å²) in [6.07, 6.45) is 1.83. The molecule has 36 heavy (non-hydrogen) atoms. The Morgan fingerprint density at radius 3 is 2.47 bits per heavy atom. The predicted octanol–water partition coefficient (Wildman–Crippen LogP) is 2.16. The fraction of sp³-hybridized carbons (Fsp3) is 0.391. The van der Waals surface area contributed by atoms with Gasteiger partial charge in [0.25, 0.3) is 5.91 Å². The highest BCUT2D eigenvalue weighted by molar-refractivity contribution is 7.89. The van der Waals surface area contributed by atoms with E-state index in [0.29, 0.717) is 47.2 Å². The van der Waals surface area contributed by atoms with Crippen molar-refractivity contribution in [1.82, 2.24) is 8.87 Å². The number of hydrogen-bond donors (Lipinski definition) is 1. The number of rotatable bonds is 7.